The first kappa shape index (κ1) is 103. The fourth-order valence-electron chi connectivity index (χ4n) is 15.9. The second kappa shape index (κ2) is 64.2. The molecular weight excluding hydrogens is 1530 g/mol. The third-order valence-corrected chi connectivity index (χ3v) is 24.0. The summed E-state index contributed by atoms with van der Waals surface area (Å²) in [7, 11) is 0. The lowest BCUT2D eigenvalue weighted by atomic mass is 9.79. The van der Waals surface area contributed by atoms with E-state index < -0.39 is 74.0 Å². The van der Waals surface area contributed by atoms with Gasteiger partial charge in [0.05, 0.1) is 83.2 Å². The Bertz CT molecular complexity index is 3390. The lowest BCUT2D eigenvalue weighted by Gasteiger charge is -2.44. The minimum atomic E-state index is -1.62. The summed E-state index contributed by atoms with van der Waals surface area (Å²) in [6, 6.07) is 47.0. The van der Waals surface area contributed by atoms with Gasteiger partial charge in [-0.25, -0.2) is 0 Å². The maximum Gasteiger partial charge on any atom is 0.251 e. The molecule has 2 heterocycles. The number of carbonyl (C=O) groups is 4. The van der Waals surface area contributed by atoms with Crippen LogP contribution >= 0.6 is 0 Å². The summed E-state index contributed by atoms with van der Waals surface area (Å²) in [5.41, 5.74) is 4.36. The molecule has 0 aliphatic carbocycles. The zero-order valence-electron chi connectivity index (χ0n) is 74.2. The van der Waals surface area contributed by atoms with Crippen LogP contribution in [-0.2, 0) is 62.6 Å². The van der Waals surface area contributed by atoms with Gasteiger partial charge in [0.1, 0.15) is 36.6 Å². The number of aliphatic hydroxyl groups is 6. The van der Waals surface area contributed by atoms with Crippen LogP contribution in [-0.4, -0.2) is 173 Å². The highest BCUT2D eigenvalue weighted by molar-refractivity contribution is 5.96. The van der Waals surface area contributed by atoms with E-state index in [2.05, 4.69) is 80.2 Å². The average Bonchev–Trinajstić information content (AvgIpc) is 0.829. The molecule has 10 N–H and O–H groups in total. The summed E-state index contributed by atoms with van der Waals surface area (Å²) in [6.07, 6.45) is 28.1. The highest BCUT2D eigenvalue weighted by Crippen LogP contribution is 2.37. The van der Waals surface area contributed by atoms with Crippen molar-refractivity contribution in [2.75, 3.05) is 39.5 Å². The summed E-state index contributed by atoms with van der Waals surface area (Å²) in [5, 5.41) is 74.0. The molecule has 0 radical (unpaired) electrons. The third-order valence-electron chi connectivity index (χ3n) is 24.0. The molecule has 0 bridgehead atoms. The van der Waals surface area contributed by atoms with Gasteiger partial charge in [-0.2, -0.15) is 0 Å². The molecular formula is C100H156N4O17. The first-order valence-corrected chi connectivity index (χ1v) is 46.7. The molecule has 5 aromatic rings. The smallest absolute Gasteiger partial charge is 0.251 e. The van der Waals surface area contributed by atoms with Gasteiger partial charge in [-0.05, 0) is 78.5 Å². The fourth-order valence-corrected chi connectivity index (χ4v) is 15.9. The number of carbonyl (C=O) groups excluding carboxylic acids is 4. The Hall–Kier alpha value is -6.54. The molecule has 0 spiro atoms. The van der Waals surface area contributed by atoms with E-state index >= 15 is 0 Å². The minimum absolute atomic E-state index is 0.0370. The van der Waals surface area contributed by atoms with E-state index in [1.165, 1.54) is 116 Å². The Morgan fingerprint density at radius 2 is 0.810 bits per heavy atom. The van der Waals surface area contributed by atoms with E-state index in [9.17, 15) is 49.8 Å². The summed E-state index contributed by atoms with van der Waals surface area (Å²) < 4.78 is 44.7. The number of ether oxygens (including phenoxy) is 7. The van der Waals surface area contributed by atoms with E-state index in [1.54, 1.807) is 24.3 Å². The van der Waals surface area contributed by atoms with Crippen LogP contribution in [0.5, 0.6) is 0 Å². The Kier molecular flexibility index (Phi) is 54.8. The van der Waals surface area contributed by atoms with Crippen LogP contribution in [0.1, 0.15) is 303 Å². The van der Waals surface area contributed by atoms with Gasteiger partial charge >= 0.3 is 0 Å². The molecule has 4 amide bonds. The van der Waals surface area contributed by atoms with Gasteiger partial charge in [-0.1, -0.05) is 361 Å². The molecule has 0 aromatic heterocycles. The summed E-state index contributed by atoms with van der Waals surface area (Å²) in [4.78, 5) is 52.2. The molecule has 0 saturated carbocycles. The van der Waals surface area contributed by atoms with Gasteiger partial charge in [-0.15, -0.1) is 0 Å². The molecule has 2 aliphatic rings. The standard InChI is InChI=1S/C57H80N2O7.C43H76N2O10/c1-5-6-7-8-9-10-11-12-13-14-15-28-37-52(63-40-48-31-22-17-23-32-48)55(64-41-49-33-24-18-25-34-49)51(59-54(60)38-58-56(61)50-35-26-19-27-36-50)42-65-57-46(4)44(2)45(3)53(66-57)43-62-39-47-29-20-16-21-30-47;1-2-3-4-5-6-7-8-9-11-14-17-23-28-35(47)38(49)34(32-54-43-41(52)40(51)39(50)36(31-46)55-43)45-37(48)29-24-18-15-12-10-13-16-19-25-30-44-42(53)33-26-21-20-22-27-33/h16-27,29-36,44-46,51-53,55,57H,5-15,28,37-43H2,1-4H3,(H,58,61)(H,59,60);20-22,26-27,34-36,38-41,43,46-47,49-52H,2-19,23-25,28-32H2,1H3,(H,44,53)(H,45,48)/t44-,45+,46?,51-,52+,53?,55-,57-;34-,35+,36?,38-,39-,40-,41?,43-/m00/s1. The van der Waals surface area contributed by atoms with Gasteiger partial charge in [0.15, 0.2) is 12.6 Å². The molecule has 2 aliphatic heterocycles. The van der Waals surface area contributed by atoms with E-state index in [1.807, 2.05) is 103 Å². The number of rotatable bonds is 65. The van der Waals surface area contributed by atoms with Crippen LogP contribution in [0.25, 0.3) is 0 Å². The van der Waals surface area contributed by atoms with Crippen LogP contribution in [0.4, 0.5) is 0 Å². The van der Waals surface area contributed by atoms with Gasteiger partial charge in [0.25, 0.3) is 11.8 Å². The van der Waals surface area contributed by atoms with Gasteiger partial charge in [0, 0.05) is 30.0 Å². The van der Waals surface area contributed by atoms with Crippen molar-refractivity contribution >= 4 is 23.6 Å². The minimum Gasteiger partial charge on any atom is -0.394 e. The van der Waals surface area contributed by atoms with Crippen LogP contribution in [0.15, 0.2) is 152 Å². The lowest BCUT2D eigenvalue weighted by molar-refractivity contribution is -0.303. The van der Waals surface area contributed by atoms with Crippen molar-refractivity contribution in [1.82, 2.24) is 21.3 Å². The second-order valence-electron chi connectivity index (χ2n) is 33.9. The molecule has 121 heavy (non-hydrogen) atoms. The van der Waals surface area contributed by atoms with Crippen LogP contribution in [0.2, 0.25) is 0 Å². The Balaban J connectivity index is 0.000000382. The molecule has 16 atom stereocenters. The topological polar surface area (TPSA) is 302 Å². The highest BCUT2D eigenvalue weighted by atomic mass is 16.7. The number of aliphatic hydroxyl groups excluding tert-OH is 6. The van der Waals surface area contributed by atoms with Crippen molar-refractivity contribution in [3.63, 3.8) is 0 Å². The molecule has 5 aromatic carbocycles. The van der Waals surface area contributed by atoms with Crippen LogP contribution in [0, 0.1) is 17.8 Å². The third kappa shape index (κ3) is 42.8. The van der Waals surface area contributed by atoms with Gasteiger partial charge < -0.3 is 85.1 Å². The average molecular weight is 1690 g/mol. The van der Waals surface area contributed by atoms with E-state index in [0.29, 0.717) is 56.9 Å². The number of nitrogens with one attached hydrogen (secondary N) is 4. The summed E-state index contributed by atoms with van der Waals surface area (Å²) >= 11 is 0. The van der Waals surface area contributed by atoms with Crippen molar-refractivity contribution in [2.45, 2.75) is 365 Å². The van der Waals surface area contributed by atoms with Crippen LogP contribution in [0.3, 0.4) is 0 Å². The SMILES string of the molecule is CCCCCCCCCCCCCC[C@@H](O)[C@@H](O)[C@H](CO[C@H]1OC(CO)[C@H](O)[C@H](O)C1O)NC(=O)CCCCCCCCCCCNC(=O)c1ccccc1.CCCCCCCCCCCCCC[C@@H](OCc1ccccc1)[C@@H](OCc1ccccc1)[C@H](CO[C@H]1OC(COCc2ccccc2)[C@H](C)[C@H](C)C1C)NC(=O)CNC(=O)c1ccccc1. The predicted molar refractivity (Wildman–Crippen MR) is 479 cm³/mol. The molecule has 678 valence electrons. The zero-order valence-corrected chi connectivity index (χ0v) is 74.2. The number of benzene rings is 5. The largest absolute Gasteiger partial charge is 0.394 e. The van der Waals surface area contributed by atoms with E-state index in [4.69, 9.17) is 33.2 Å². The van der Waals surface area contributed by atoms with E-state index in [-0.39, 0.29) is 79.8 Å². The molecule has 2 fully saturated rings. The fraction of sp³-hybridized carbons (Fsp3) is 0.660. The van der Waals surface area contributed by atoms with Crippen molar-refractivity contribution < 1.29 is 83.0 Å². The van der Waals surface area contributed by atoms with Crippen molar-refractivity contribution in [2.24, 2.45) is 17.8 Å². The van der Waals surface area contributed by atoms with Gasteiger partial charge in [-0.3, -0.25) is 19.2 Å². The van der Waals surface area contributed by atoms with Gasteiger partial charge in [0.2, 0.25) is 11.8 Å². The zero-order chi connectivity index (χ0) is 86.7. The highest BCUT2D eigenvalue weighted by Gasteiger charge is 2.45. The second-order valence-corrected chi connectivity index (χ2v) is 33.9. The molecule has 7 rings (SSSR count). The Labute approximate surface area is 726 Å². The number of hydrogen-bond donors (Lipinski definition) is 10. The van der Waals surface area contributed by atoms with Crippen molar-refractivity contribution in [1.29, 1.82) is 0 Å². The predicted octanol–water partition coefficient (Wildman–Crippen LogP) is 17.5. The maximum atomic E-state index is 14.0. The first-order chi connectivity index (χ1) is 59.0. The number of amides is 4. The van der Waals surface area contributed by atoms with Crippen molar-refractivity contribution in [3.05, 3.63) is 179 Å². The molecule has 21 nitrogen and oxygen atoms in total. The van der Waals surface area contributed by atoms with Crippen molar-refractivity contribution in [3.8, 4) is 0 Å². The molecule has 2 saturated heterocycles. The summed E-state index contributed by atoms with van der Waals surface area (Å²) in [5.74, 6) is -0.398. The first-order valence-electron chi connectivity index (χ1n) is 46.7. The quantitative estimate of drug-likeness (QED) is 0.0162. The molecule has 21 heteroatoms. The number of unbranched alkanes of at least 4 members (excludes halogenated alkanes) is 30. The normalized spacial score (nSPS) is 20.6. The maximum absolute atomic E-state index is 14.0. The van der Waals surface area contributed by atoms with Crippen LogP contribution < -0.4 is 21.3 Å². The summed E-state index contributed by atoms with van der Waals surface area (Å²) in [6.45, 7) is 12.4. The lowest BCUT2D eigenvalue weighted by Crippen LogP contribution is -2.60. The Morgan fingerprint density at radius 3 is 1.31 bits per heavy atom. The van der Waals surface area contributed by atoms with E-state index in [0.717, 1.165) is 113 Å². The monoisotopic (exact) mass is 1690 g/mol. The number of hydrogen-bond acceptors (Lipinski definition) is 17. The molecule has 4 unspecified atom stereocenters. The Morgan fingerprint density at radius 1 is 0.405 bits per heavy atom.